The zero-order chi connectivity index (χ0) is 3.58. The Morgan fingerprint density at radius 2 is 1.00 bits per heavy atom. The van der Waals surface area contributed by atoms with Gasteiger partial charge in [-0.3, -0.25) is 0 Å². The summed E-state index contributed by atoms with van der Waals surface area (Å²) in [4.78, 5) is 0. The van der Waals surface area contributed by atoms with E-state index in [-0.39, 0.29) is 40.5 Å². The van der Waals surface area contributed by atoms with Gasteiger partial charge >= 0.3 is 45.1 Å². The molecule has 0 aromatic heterocycles. The first-order valence-corrected chi connectivity index (χ1v) is 1.96. The van der Waals surface area contributed by atoms with Crippen LogP contribution in [0.4, 0.5) is 10.6 Å². The Bertz CT molecular complexity index is 15.5. The molecule has 0 rings (SSSR count). The van der Waals surface area contributed by atoms with Gasteiger partial charge < -0.3 is 10.6 Å². The minimum Gasteiger partial charge on any atom is -0.0149 e. The van der Waals surface area contributed by atoms with Crippen LogP contribution in [0.2, 0.25) is 0 Å². The van der Waals surface area contributed by atoms with E-state index in [4.69, 9.17) is 0 Å². The van der Waals surface area contributed by atoms with Gasteiger partial charge in [-0.25, -0.2) is 0 Å². The van der Waals surface area contributed by atoms with Crippen LogP contribution in [0.5, 0.6) is 0 Å². The Labute approximate surface area is 66.2 Å². The molecular weight excluding hydrogens is 135 g/mol. The van der Waals surface area contributed by atoms with E-state index < -0.39 is 15.5 Å². The Morgan fingerprint density at radius 1 is 1.00 bits per heavy atom. The molecule has 34 valence electrons. The second-order valence-corrected chi connectivity index (χ2v) is 0.742. The molecule has 0 aliphatic carbocycles. The van der Waals surface area contributed by atoms with Gasteiger partial charge in [-0.1, -0.05) is 0 Å². The van der Waals surface area contributed by atoms with E-state index in [2.05, 4.69) is 0 Å². The third kappa shape index (κ3) is 48.2. The molecule has 0 aliphatic rings. The van der Waals surface area contributed by atoms with Crippen molar-refractivity contribution in [2.24, 2.45) is 0 Å². The van der Waals surface area contributed by atoms with Crippen molar-refractivity contribution in [3.05, 3.63) is 0 Å². The second-order valence-electron chi connectivity index (χ2n) is 0.247. The summed E-state index contributed by atoms with van der Waals surface area (Å²) in [6, 6.07) is 0. The van der Waals surface area contributed by atoms with E-state index in [1.807, 2.05) is 0 Å². The number of halogens is 3. The summed E-state index contributed by atoms with van der Waals surface area (Å²) < 4.78 is 29.4. The van der Waals surface area contributed by atoms with Gasteiger partial charge in [0, 0.05) is 0 Å². The van der Waals surface area contributed by atoms with Crippen molar-refractivity contribution < 1.29 is 10.6 Å². The van der Waals surface area contributed by atoms with Crippen LogP contribution < -0.4 is 0 Å². The van der Waals surface area contributed by atoms with Gasteiger partial charge in [0.2, 0.25) is 0 Å². The van der Waals surface area contributed by atoms with Crippen LogP contribution in [0.1, 0.15) is 0 Å². The van der Waals surface area contributed by atoms with Crippen molar-refractivity contribution in [2.45, 2.75) is 0 Å². The molecule has 0 N–H and O–H groups in total. The fraction of sp³-hybridized carbons (Fsp3) is 0. The van der Waals surface area contributed by atoms with E-state index >= 15 is 0 Å². The van der Waals surface area contributed by atoms with Crippen molar-refractivity contribution in [1.29, 1.82) is 0 Å². The number of rotatable bonds is 0. The first kappa shape index (κ1) is 15.6. The number of hydrogen-bond acceptors (Lipinski definition) is 0. The minimum absolute atomic E-state index is 0. The van der Waals surface area contributed by atoms with Crippen LogP contribution in [0, 0.1) is 0 Å². The van der Waals surface area contributed by atoms with E-state index in [0.29, 0.717) is 0 Å². The quantitative estimate of drug-likeness (QED) is 0.370. The average Bonchev–Trinajstić information content (AvgIpc) is 0.811. The van der Waals surface area contributed by atoms with Crippen molar-refractivity contribution in [3.8, 4) is 0 Å². The summed E-state index contributed by atoms with van der Waals surface area (Å²) >= 11 is -4.64. The molecule has 0 saturated carbocycles. The summed E-state index contributed by atoms with van der Waals surface area (Å²) in [5, 5.41) is 0. The van der Waals surface area contributed by atoms with Crippen molar-refractivity contribution in [3.63, 3.8) is 0 Å². The van der Waals surface area contributed by atoms with E-state index in [1.54, 1.807) is 0 Å². The van der Waals surface area contributed by atoms with Crippen LogP contribution in [0.25, 0.3) is 0 Å². The van der Waals surface area contributed by atoms with Gasteiger partial charge in [-0.15, -0.1) is 0 Å². The standard InChI is InChI=1S/Al.3FH.Na.H4Si.H/h;3*1H;;1H4;/q+3;;;;;;/p-3. The second kappa shape index (κ2) is 9.74. The summed E-state index contributed by atoms with van der Waals surface area (Å²) in [5.74, 6) is 0. The van der Waals surface area contributed by atoms with Crippen LogP contribution in [-0.4, -0.2) is 56.1 Å². The first-order chi connectivity index (χ1) is 1.73. The van der Waals surface area contributed by atoms with Crippen LogP contribution in [0.3, 0.4) is 0 Å². The zero-order valence-corrected chi connectivity index (χ0v) is 2.87. The Balaban J connectivity index is -0.0000000450. The van der Waals surface area contributed by atoms with Crippen LogP contribution >= 0.6 is 0 Å². The van der Waals surface area contributed by atoms with Crippen molar-refractivity contribution in [1.82, 2.24) is 0 Å². The predicted octanol–water partition coefficient (Wildman–Crippen LogP) is -1.22. The van der Waals surface area contributed by atoms with Crippen LogP contribution in [-0.2, 0) is 0 Å². The summed E-state index contributed by atoms with van der Waals surface area (Å²) in [6.07, 6.45) is 0. The fourth-order valence-electron chi connectivity index (χ4n) is 0. The zero-order valence-electron chi connectivity index (χ0n) is 1.71. The molecule has 0 spiro atoms. The van der Waals surface area contributed by atoms with Gasteiger partial charge in [0.25, 0.3) is 0 Å². The normalized spacial score (nSPS) is 4.50. The van der Waals surface area contributed by atoms with Crippen molar-refractivity contribution >= 4 is 56.1 Å². The molecule has 0 saturated heterocycles. The molecule has 0 bridgehead atoms. The molecule has 0 aromatic rings. The molecule has 0 atom stereocenters. The minimum atomic E-state index is -4.64. The molecule has 0 unspecified atom stereocenters. The Kier molecular flexibility index (Phi) is 25.4. The molecule has 0 amide bonds. The molecule has 0 aromatic carbocycles. The maximum absolute atomic E-state index is 9.81. The molecule has 0 fully saturated rings. The molecule has 0 heterocycles. The van der Waals surface area contributed by atoms with E-state index in [9.17, 15) is 10.6 Å². The van der Waals surface area contributed by atoms with E-state index in [1.165, 1.54) is 0 Å². The van der Waals surface area contributed by atoms with Crippen LogP contribution in [0.15, 0.2) is 0 Å². The third-order valence-corrected chi connectivity index (χ3v) is 0. The summed E-state index contributed by atoms with van der Waals surface area (Å²) in [5.41, 5.74) is 0. The maximum Gasteiger partial charge on any atom is -0.0149 e. The van der Waals surface area contributed by atoms with Gasteiger partial charge in [-0.2, -0.15) is 0 Å². The van der Waals surface area contributed by atoms with Crippen molar-refractivity contribution in [2.75, 3.05) is 0 Å². The maximum atomic E-state index is 9.81. The smallest absolute Gasteiger partial charge is 0.0149 e. The third-order valence-electron chi connectivity index (χ3n) is 0. The predicted molar refractivity (Wildman–Crippen MR) is 27.6 cm³/mol. The van der Waals surface area contributed by atoms with Gasteiger partial charge in [0.05, 0.1) is 0 Å². The summed E-state index contributed by atoms with van der Waals surface area (Å²) in [7, 11) is 0. The van der Waals surface area contributed by atoms with Gasteiger partial charge in [0.1, 0.15) is 0 Å². The molecule has 0 nitrogen and oxygen atoms in total. The molecule has 0 aliphatic heterocycles. The Morgan fingerprint density at radius 3 is 1.00 bits per heavy atom. The fourth-order valence-corrected chi connectivity index (χ4v) is 0. The average molecular weight is 140 g/mol. The SMILES string of the molecule is [F][Al]([F])[F].[NaH].[SiH4]. The molecular formula is H5AlF3NaSi. The van der Waals surface area contributed by atoms with Gasteiger partial charge in [0.15, 0.2) is 0 Å². The summed E-state index contributed by atoms with van der Waals surface area (Å²) in [6.45, 7) is 0. The topological polar surface area (TPSA) is 0 Å². The van der Waals surface area contributed by atoms with E-state index in [0.717, 1.165) is 0 Å². The largest absolute Gasteiger partial charge is 0.0149 e. The molecule has 0 radical (unpaired) electrons. The van der Waals surface area contributed by atoms with Gasteiger partial charge in [-0.05, 0) is 11.0 Å². The molecule has 6 heteroatoms. The molecule has 6 heavy (non-hydrogen) atoms. The first-order valence-electron chi connectivity index (χ1n) is 0.655. The number of hydrogen-bond donors (Lipinski definition) is 0. The monoisotopic (exact) mass is 140 g/mol. The Hall–Kier alpha value is 1.54.